The Bertz CT molecular complexity index is 3300. The fraction of sp³-hybridized carbons (Fsp3) is 0. The predicted octanol–water partition coefficient (Wildman–Crippen LogP) is 11.2. The molecule has 0 unspecified atom stereocenters. The van der Waals surface area contributed by atoms with Crippen molar-refractivity contribution in [2.24, 2.45) is 0 Å². The van der Waals surface area contributed by atoms with Crippen LogP contribution in [0.15, 0.2) is 158 Å². The maximum Gasteiger partial charge on any atom is 0.0804 e. The normalized spacial score (nSPS) is 12.6. The topological polar surface area (TPSA) is 44.5 Å². The second-order valence-corrected chi connectivity index (χ2v) is 13.9. The van der Waals surface area contributed by atoms with Gasteiger partial charge >= 0.3 is 0 Å². The fourth-order valence-electron chi connectivity index (χ4n) is 9.51. The lowest BCUT2D eigenvalue weighted by Gasteiger charge is -2.16. The van der Waals surface area contributed by atoms with Crippen molar-refractivity contribution in [3.8, 4) is 11.4 Å². The standard InChI is InChI=1S/C46H26N6/c1-5-13-33-27(9-1)31-25-47-23-21-37(31)49(33)39-17-19-41-45-43(39)29-11-3-7-15-35(29)51(45)42-20-18-40(44-30-12-4-8-16-36(30)52(41)46(42)44)50-34-14-6-2-10-28(34)32-26-48-24-22-38(32)50/h1-26H. The first-order valence-corrected chi connectivity index (χ1v) is 17.7. The quantitative estimate of drug-likeness (QED) is 0.173. The molecule has 0 amide bonds. The minimum Gasteiger partial charge on any atom is -0.308 e. The average Bonchev–Trinajstić information content (AvgIpc) is 3.94. The highest BCUT2D eigenvalue weighted by Gasteiger charge is 2.26. The van der Waals surface area contributed by atoms with E-state index < -0.39 is 0 Å². The molecule has 0 saturated heterocycles. The van der Waals surface area contributed by atoms with Crippen molar-refractivity contribution >= 4 is 98.3 Å². The van der Waals surface area contributed by atoms with Crippen LogP contribution in [-0.2, 0) is 0 Å². The van der Waals surface area contributed by atoms with Crippen LogP contribution in [-0.4, -0.2) is 27.9 Å². The Morgan fingerprint density at radius 3 is 1.15 bits per heavy atom. The summed E-state index contributed by atoms with van der Waals surface area (Å²) in [7, 11) is 0. The lowest BCUT2D eigenvalue weighted by atomic mass is 10.1. The van der Waals surface area contributed by atoms with Crippen molar-refractivity contribution in [3.05, 3.63) is 158 Å². The molecule has 0 aliphatic rings. The predicted molar refractivity (Wildman–Crippen MR) is 214 cm³/mol. The van der Waals surface area contributed by atoms with E-state index in [-0.39, 0.29) is 0 Å². The molecule has 240 valence electrons. The number of para-hydroxylation sites is 4. The number of benzene rings is 6. The third kappa shape index (κ3) is 3.05. The molecule has 7 aromatic heterocycles. The molecule has 0 N–H and O–H groups in total. The maximum atomic E-state index is 4.53. The molecule has 6 aromatic carbocycles. The van der Waals surface area contributed by atoms with Gasteiger partial charge in [0.2, 0.25) is 0 Å². The Morgan fingerprint density at radius 1 is 0.308 bits per heavy atom. The van der Waals surface area contributed by atoms with Gasteiger partial charge in [0.1, 0.15) is 0 Å². The molecule has 0 aliphatic carbocycles. The summed E-state index contributed by atoms with van der Waals surface area (Å²) >= 11 is 0. The smallest absolute Gasteiger partial charge is 0.0804 e. The number of pyridine rings is 2. The van der Waals surface area contributed by atoms with Gasteiger partial charge in [-0.3, -0.25) is 9.97 Å². The number of nitrogens with zero attached hydrogens (tertiary/aromatic N) is 6. The van der Waals surface area contributed by atoms with Crippen molar-refractivity contribution in [2.75, 3.05) is 0 Å². The van der Waals surface area contributed by atoms with Crippen LogP contribution in [0, 0.1) is 0 Å². The van der Waals surface area contributed by atoms with Crippen LogP contribution in [0.2, 0.25) is 0 Å². The highest BCUT2D eigenvalue weighted by molar-refractivity contribution is 6.26. The number of hydrogen-bond acceptors (Lipinski definition) is 2. The minimum absolute atomic E-state index is 1.15. The lowest BCUT2D eigenvalue weighted by molar-refractivity contribution is 1.18. The Labute approximate surface area is 294 Å². The third-order valence-electron chi connectivity index (χ3n) is 11.5. The number of aromatic nitrogens is 6. The summed E-state index contributed by atoms with van der Waals surface area (Å²) < 4.78 is 9.89. The van der Waals surface area contributed by atoms with Gasteiger partial charge in [-0.05, 0) is 60.7 Å². The largest absolute Gasteiger partial charge is 0.308 e. The molecule has 0 aliphatic heterocycles. The number of fused-ring (bicyclic) bond motifs is 14. The van der Waals surface area contributed by atoms with Crippen LogP contribution in [0.4, 0.5) is 0 Å². The summed E-state index contributed by atoms with van der Waals surface area (Å²) in [6.07, 6.45) is 7.80. The van der Waals surface area contributed by atoms with Crippen LogP contribution in [0.5, 0.6) is 0 Å². The van der Waals surface area contributed by atoms with Gasteiger partial charge in [-0.2, -0.15) is 0 Å². The van der Waals surface area contributed by atoms with Crippen LogP contribution in [0.25, 0.3) is 110 Å². The summed E-state index contributed by atoms with van der Waals surface area (Å²) in [6.45, 7) is 0. The van der Waals surface area contributed by atoms with Gasteiger partial charge in [-0.1, -0.05) is 72.8 Å². The zero-order valence-corrected chi connectivity index (χ0v) is 27.7. The summed E-state index contributed by atoms with van der Waals surface area (Å²) in [5, 5.41) is 9.66. The van der Waals surface area contributed by atoms with Gasteiger partial charge in [0.15, 0.2) is 0 Å². The zero-order chi connectivity index (χ0) is 33.7. The van der Waals surface area contributed by atoms with Gasteiger partial charge < -0.3 is 17.9 Å². The van der Waals surface area contributed by atoms with Crippen molar-refractivity contribution in [1.29, 1.82) is 0 Å². The molecule has 13 aromatic rings. The second-order valence-electron chi connectivity index (χ2n) is 13.9. The number of rotatable bonds is 2. The van der Waals surface area contributed by atoms with Crippen molar-refractivity contribution < 1.29 is 0 Å². The molecule has 0 spiro atoms. The summed E-state index contributed by atoms with van der Waals surface area (Å²) in [5.74, 6) is 0. The van der Waals surface area contributed by atoms with Crippen LogP contribution in [0.3, 0.4) is 0 Å². The van der Waals surface area contributed by atoms with E-state index in [0.29, 0.717) is 0 Å². The van der Waals surface area contributed by atoms with Gasteiger partial charge in [-0.15, -0.1) is 0 Å². The molecule has 0 atom stereocenters. The van der Waals surface area contributed by atoms with E-state index in [4.69, 9.17) is 0 Å². The zero-order valence-electron chi connectivity index (χ0n) is 27.7. The first-order chi connectivity index (χ1) is 25.9. The van der Waals surface area contributed by atoms with Crippen molar-refractivity contribution in [1.82, 2.24) is 27.9 Å². The summed E-state index contributed by atoms with van der Waals surface area (Å²) in [6, 6.07) is 48.8. The van der Waals surface area contributed by atoms with E-state index in [1.165, 1.54) is 76.5 Å². The average molecular weight is 663 g/mol. The molecule has 0 fully saturated rings. The van der Waals surface area contributed by atoms with Crippen LogP contribution >= 0.6 is 0 Å². The Kier molecular flexibility index (Phi) is 4.78. The van der Waals surface area contributed by atoms with Gasteiger partial charge in [-0.25, -0.2) is 0 Å². The first-order valence-electron chi connectivity index (χ1n) is 17.7. The second kappa shape index (κ2) is 9.33. The van der Waals surface area contributed by atoms with Crippen LogP contribution < -0.4 is 0 Å². The maximum absolute atomic E-state index is 4.53. The molecule has 0 bridgehead atoms. The van der Waals surface area contributed by atoms with E-state index >= 15 is 0 Å². The monoisotopic (exact) mass is 662 g/mol. The van der Waals surface area contributed by atoms with Crippen molar-refractivity contribution in [2.45, 2.75) is 0 Å². The molecule has 0 radical (unpaired) electrons. The summed E-state index contributed by atoms with van der Waals surface area (Å²) in [4.78, 5) is 9.05. The molecule has 0 saturated carbocycles. The Balaban J connectivity index is 1.26. The lowest BCUT2D eigenvalue weighted by Crippen LogP contribution is -2.01. The molecular formula is C46H26N6. The van der Waals surface area contributed by atoms with Gasteiger partial charge in [0, 0.05) is 67.9 Å². The van der Waals surface area contributed by atoms with Gasteiger partial charge in [0.05, 0.1) is 66.5 Å². The van der Waals surface area contributed by atoms with Gasteiger partial charge in [0.25, 0.3) is 0 Å². The highest BCUT2D eigenvalue weighted by Crippen LogP contribution is 2.46. The number of hydrogen-bond donors (Lipinski definition) is 0. The molecule has 7 heterocycles. The van der Waals surface area contributed by atoms with E-state index in [2.05, 4.69) is 161 Å². The van der Waals surface area contributed by atoms with E-state index in [1.807, 2.05) is 24.8 Å². The molecular weight excluding hydrogens is 637 g/mol. The first kappa shape index (κ1) is 26.7. The Morgan fingerprint density at radius 2 is 0.692 bits per heavy atom. The van der Waals surface area contributed by atoms with E-state index in [0.717, 1.165) is 33.2 Å². The van der Waals surface area contributed by atoms with Crippen LogP contribution in [0.1, 0.15) is 0 Å². The van der Waals surface area contributed by atoms with E-state index in [9.17, 15) is 0 Å². The minimum atomic E-state index is 1.15. The molecule has 52 heavy (non-hydrogen) atoms. The molecule has 6 heteroatoms. The molecule has 13 rings (SSSR count). The van der Waals surface area contributed by atoms with E-state index in [1.54, 1.807) is 0 Å². The Hall–Kier alpha value is -7.18. The third-order valence-corrected chi connectivity index (χ3v) is 11.5. The fourth-order valence-corrected chi connectivity index (χ4v) is 9.51. The molecule has 6 nitrogen and oxygen atoms in total. The summed E-state index contributed by atoms with van der Waals surface area (Å²) in [5.41, 5.74) is 14.2. The highest BCUT2D eigenvalue weighted by atomic mass is 15.1. The van der Waals surface area contributed by atoms with Crippen molar-refractivity contribution in [3.63, 3.8) is 0 Å². The SMILES string of the molecule is c1ccc2c(c1)c1cnccc1n2-c1ccc2c3c1c1ccccc1n3c1ccc(-n3c4ccccc4c4cnccc43)c3c4ccccc4n2c31.